The molecule has 27 heavy (non-hydrogen) atoms. The molecule has 10 heteroatoms. The number of aromatic nitrogens is 2. The average molecular weight is 397 g/mol. The summed E-state index contributed by atoms with van der Waals surface area (Å²) < 4.78 is 32.2. The molecule has 0 atom stereocenters. The largest absolute Gasteiger partial charge is 0.494 e. The Morgan fingerprint density at radius 2 is 1.81 bits per heavy atom. The summed E-state index contributed by atoms with van der Waals surface area (Å²) >= 11 is 0. The molecule has 0 radical (unpaired) electrons. The van der Waals surface area contributed by atoms with Gasteiger partial charge in [-0.25, -0.2) is 9.71 Å². The number of nitrogen functional groups attached to an aromatic ring is 1. The monoisotopic (exact) mass is 396 g/mol. The lowest BCUT2D eigenvalue weighted by molar-refractivity contribution is 0.419. The number of para-hydroxylation sites is 1. The van der Waals surface area contributed by atoms with E-state index in [9.17, 15) is 8.42 Å². The van der Waals surface area contributed by atoms with Gasteiger partial charge < -0.3 is 15.8 Å². The van der Waals surface area contributed by atoms with Crippen molar-refractivity contribution in [2.24, 2.45) is 0 Å². The van der Waals surface area contributed by atoms with Crippen molar-refractivity contribution in [3.05, 3.63) is 18.2 Å². The predicted octanol–water partition coefficient (Wildman–Crippen LogP) is 1.59. The number of unbranched alkanes of at least 4 members (excludes halogenated alkanes) is 3. The Morgan fingerprint density at radius 3 is 2.48 bits per heavy atom. The van der Waals surface area contributed by atoms with E-state index in [1.54, 1.807) is 7.11 Å². The standard InChI is InChI=1S/C17H28N6O3S/c1-23(2)27(24,25)20-12-7-5-4-6-11-19-17-21-15-13(16(18)22-17)9-8-10-14(15)26-3/h8-10,20H,4-7,11-12H2,1-3H3,(H3,18,19,21,22). The highest BCUT2D eigenvalue weighted by Crippen LogP contribution is 2.27. The summed E-state index contributed by atoms with van der Waals surface area (Å²) in [7, 11) is 1.28. The summed E-state index contributed by atoms with van der Waals surface area (Å²) in [5.41, 5.74) is 6.70. The Balaban J connectivity index is 1.75. The number of fused-ring (bicyclic) bond motifs is 1. The van der Waals surface area contributed by atoms with E-state index in [1.165, 1.54) is 18.4 Å². The lowest BCUT2D eigenvalue weighted by Gasteiger charge is -2.12. The maximum atomic E-state index is 11.6. The third-order valence-corrected chi connectivity index (χ3v) is 5.62. The van der Waals surface area contributed by atoms with E-state index < -0.39 is 10.2 Å². The van der Waals surface area contributed by atoms with Crippen molar-refractivity contribution in [2.75, 3.05) is 45.3 Å². The third kappa shape index (κ3) is 5.91. The van der Waals surface area contributed by atoms with Gasteiger partial charge in [0.05, 0.1) is 7.11 Å². The molecule has 2 rings (SSSR count). The maximum absolute atomic E-state index is 11.6. The van der Waals surface area contributed by atoms with Gasteiger partial charge in [-0.05, 0) is 25.0 Å². The zero-order valence-corrected chi connectivity index (χ0v) is 16.8. The molecule has 0 spiro atoms. The zero-order valence-electron chi connectivity index (χ0n) is 16.0. The van der Waals surface area contributed by atoms with E-state index in [0.29, 0.717) is 36.1 Å². The summed E-state index contributed by atoms with van der Waals surface area (Å²) in [5, 5.41) is 3.95. The molecule has 0 amide bonds. The minimum absolute atomic E-state index is 0.412. The maximum Gasteiger partial charge on any atom is 0.278 e. The average Bonchev–Trinajstić information content (AvgIpc) is 2.63. The van der Waals surface area contributed by atoms with Crippen molar-refractivity contribution in [2.45, 2.75) is 25.7 Å². The van der Waals surface area contributed by atoms with Crippen LogP contribution >= 0.6 is 0 Å². The number of anilines is 2. The Morgan fingerprint density at radius 1 is 1.11 bits per heavy atom. The van der Waals surface area contributed by atoms with Gasteiger partial charge in [0.25, 0.3) is 10.2 Å². The SMILES string of the molecule is COc1cccc2c(N)nc(NCCCCCCNS(=O)(=O)N(C)C)nc12. The first-order chi connectivity index (χ1) is 12.8. The fourth-order valence-corrected chi connectivity index (χ4v) is 3.19. The fraction of sp³-hybridized carbons (Fsp3) is 0.529. The first-order valence-electron chi connectivity index (χ1n) is 8.86. The van der Waals surface area contributed by atoms with Gasteiger partial charge in [0.1, 0.15) is 17.1 Å². The number of rotatable bonds is 11. The van der Waals surface area contributed by atoms with Gasteiger partial charge in [0.15, 0.2) is 0 Å². The van der Waals surface area contributed by atoms with Crippen LogP contribution in [0.5, 0.6) is 5.75 Å². The van der Waals surface area contributed by atoms with Gasteiger partial charge in [-0.15, -0.1) is 0 Å². The van der Waals surface area contributed by atoms with Crippen LogP contribution in [0.25, 0.3) is 10.9 Å². The van der Waals surface area contributed by atoms with Gasteiger partial charge in [-0.2, -0.15) is 17.7 Å². The van der Waals surface area contributed by atoms with Gasteiger partial charge in [0.2, 0.25) is 5.95 Å². The van der Waals surface area contributed by atoms with Gasteiger partial charge in [-0.3, -0.25) is 0 Å². The zero-order chi connectivity index (χ0) is 19.9. The van der Waals surface area contributed by atoms with Crippen molar-refractivity contribution < 1.29 is 13.2 Å². The molecule has 4 N–H and O–H groups in total. The van der Waals surface area contributed by atoms with Crippen LogP contribution in [0.2, 0.25) is 0 Å². The highest BCUT2D eigenvalue weighted by atomic mass is 32.2. The van der Waals surface area contributed by atoms with Gasteiger partial charge in [0, 0.05) is 32.6 Å². The number of nitrogens with zero attached hydrogens (tertiary/aromatic N) is 3. The van der Waals surface area contributed by atoms with Crippen molar-refractivity contribution in [3.63, 3.8) is 0 Å². The van der Waals surface area contributed by atoms with Gasteiger partial charge in [-0.1, -0.05) is 18.9 Å². The van der Waals surface area contributed by atoms with Crippen LogP contribution in [0, 0.1) is 0 Å². The van der Waals surface area contributed by atoms with Crippen LogP contribution in [-0.4, -0.2) is 57.0 Å². The number of ether oxygens (including phenoxy) is 1. The smallest absolute Gasteiger partial charge is 0.278 e. The second-order valence-corrected chi connectivity index (χ2v) is 8.28. The van der Waals surface area contributed by atoms with E-state index in [-0.39, 0.29) is 0 Å². The number of hydrogen-bond donors (Lipinski definition) is 3. The van der Waals surface area contributed by atoms with E-state index in [4.69, 9.17) is 10.5 Å². The highest BCUT2D eigenvalue weighted by Gasteiger charge is 2.11. The van der Waals surface area contributed by atoms with Crippen molar-refractivity contribution in [3.8, 4) is 5.75 Å². The lowest BCUT2D eigenvalue weighted by Crippen LogP contribution is -2.36. The van der Waals surface area contributed by atoms with Crippen molar-refractivity contribution >= 4 is 32.9 Å². The van der Waals surface area contributed by atoms with Crippen LogP contribution in [0.15, 0.2) is 18.2 Å². The number of hydrogen-bond acceptors (Lipinski definition) is 7. The van der Waals surface area contributed by atoms with Crippen LogP contribution in [-0.2, 0) is 10.2 Å². The third-order valence-electron chi connectivity index (χ3n) is 4.09. The quantitative estimate of drug-likeness (QED) is 0.493. The van der Waals surface area contributed by atoms with E-state index in [2.05, 4.69) is 20.0 Å². The Bertz CT molecular complexity index is 857. The number of methoxy groups -OCH3 is 1. The van der Waals surface area contributed by atoms with Crippen LogP contribution < -0.4 is 20.5 Å². The molecular weight excluding hydrogens is 368 g/mol. The molecule has 0 aliphatic heterocycles. The number of nitrogens with two attached hydrogens (primary N) is 1. The number of benzene rings is 1. The highest BCUT2D eigenvalue weighted by molar-refractivity contribution is 7.87. The van der Waals surface area contributed by atoms with Crippen LogP contribution in [0.4, 0.5) is 11.8 Å². The molecule has 0 unspecified atom stereocenters. The first kappa shape index (κ1) is 21.1. The van der Waals surface area contributed by atoms with E-state index in [0.717, 1.165) is 31.1 Å². The summed E-state index contributed by atoms with van der Waals surface area (Å²) in [6, 6.07) is 5.55. The summed E-state index contributed by atoms with van der Waals surface area (Å²) in [6.45, 7) is 1.15. The normalized spacial score (nSPS) is 11.9. The second kappa shape index (κ2) is 9.67. The fourth-order valence-electron chi connectivity index (χ4n) is 2.53. The molecule has 0 saturated carbocycles. The minimum atomic E-state index is -3.33. The molecule has 9 nitrogen and oxygen atoms in total. The van der Waals surface area contributed by atoms with Crippen molar-refractivity contribution in [1.82, 2.24) is 19.0 Å². The molecule has 150 valence electrons. The second-order valence-electron chi connectivity index (χ2n) is 6.31. The Labute approximate surface area is 160 Å². The molecular formula is C17H28N6O3S. The molecule has 0 aliphatic carbocycles. The van der Waals surface area contributed by atoms with Gasteiger partial charge >= 0.3 is 0 Å². The van der Waals surface area contributed by atoms with Crippen LogP contribution in [0.1, 0.15) is 25.7 Å². The topological polar surface area (TPSA) is 122 Å². The lowest BCUT2D eigenvalue weighted by atomic mass is 10.2. The number of nitrogens with one attached hydrogen (secondary N) is 2. The molecule has 1 heterocycles. The van der Waals surface area contributed by atoms with Crippen LogP contribution in [0.3, 0.4) is 0 Å². The molecule has 0 aliphatic rings. The molecule has 2 aromatic rings. The molecule has 1 aromatic carbocycles. The summed E-state index contributed by atoms with van der Waals surface area (Å²) in [5.74, 6) is 1.54. The first-order valence-corrected chi connectivity index (χ1v) is 10.3. The summed E-state index contributed by atoms with van der Waals surface area (Å²) in [6.07, 6.45) is 3.63. The minimum Gasteiger partial charge on any atom is -0.494 e. The molecule has 0 fully saturated rings. The Hall–Kier alpha value is -2.17. The van der Waals surface area contributed by atoms with Crippen molar-refractivity contribution in [1.29, 1.82) is 0 Å². The molecule has 1 aromatic heterocycles. The molecule has 0 bridgehead atoms. The predicted molar refractivity (Wildman–Crippen MR) is 108 cm³/mol. The van der Waals surface area contributed by atoms with E-state index >= 15 is 0 Å². The Kier molecular flexibility index (Phi) is 7.57. The van der Waals surface area contributed by atoms with E-state index in [1.807, 2.05) is 18.2 Å². The molecule has 0 saturated heterocycles. The summed E-state index contributed by atoms with van der Waals surface area (Å²) in [4.78, 5) is 8.78.